The molecule has 188 valence electrons. The predicted octanol–water partition coefficient (Wildman–Crippen LogP) is 2.79. The summed E-state index contributed by atoms with van der Waals surface area (Å²) in [7, 11) is -1.72. The molecule has 34 heavy (non-hydrogen) atoms. The predicted molar refractivity (Wildman–Crippen MR) is 130 cm³/mol. The summed E-state index contributed by atoms with van der Waals surface area (Å²) in [6.45, 7) is 2.85. The SMILES string of the molecule is CCCS(=O)(=O)NC1CCN(C(=O)C2CC3CCCCC3N2C(=O)c2ccccc2OC)CC1. The lowest BCUT2D eigenvalue weighted by Gasteiger charge is -2.37. The molecule has 0 radical (unpaired) electrons. The number of ether oxygens (including phenoxy) is 1. The molecule has 1 aromatic rings. The standard InChI is InChI=1S/C25H37N3O5S/c1-3-16-34(31,32)26-19-12-14-27(15-13-19)25(30)22-17-18-8-4-6-10-21(18)28(22)24(29)20-9-5-7-11-23(20)33-2/h5,7,9,11,18-19,21-22,26H,3-4,6,8,10,12-17H2,1-2H3. The van der Waals surface area contributed by atoms with E-state index < -0.39 is 16.1 Å². The highest BCUT2D eigenvalue weighted by Gasteiger charge is 2.49. The number of amides is 2. The number of likely N-dealkylation sites (tertiary alicyclic amines) is 2. The summed E-state index contributed by atoms with van der Waals surface area (Å²) in [6.07, 6.45) is 6.65. The average Bonchev–Trinajstić information content (AvgIpc) is 3.23. The van der Waals surface area contributed by atoms with Crippen LogP contribution in [-0.4, -0.2) is 74.1 Å². The van der Waals surface area contributed by atoms with Crippen LogP contribution >= 0.6 is 0 Å². The number of piperidine rings is 1. The van der Waals surface area contributed by atoms with Crippen LogP contribution < -0.4 is 9.46 Å². The molecule has 3 aliphatic rings. The fourth-order valence-electron chi connectivity index (χ4n) is 5.94. The van der Waals surface area contributed by atoms with Crippen molar-refractivity contribution in [3.8, 4) is 5.75 Å². The van der Waals surface area contributed by atoms with E-state index in [-0.39, 0.29) is 29.7 Å². The number of para-hydroxylation sites is 1. The van der Waals surface area contributed by atoms with Crippen molar-refractivity contribution in [3.63, 3.8) is 0 Å². The zero-order chi connectivity index (χ0) is 24.3. The van der Waals surface area contributed by atoms with Crippen molar-refractivity contribution in [3.05, 3.63) is 29.8 Å². The lowest BCUT2D eigenvalue weighted by Crippen LogP contribution is -2.54. The minimum Gasteiger partial charge on any atom is -0.496 e. The maximum absolute atomic E-state index is 13.7. The molecule has 9 heteroatoms. The first-order valence-corrected chi connectivity index (χ1v) is 14.2. The Balaban J connectivity index is 1.49. The van der Waals surface area contributed by atoms with Crippen LogP contribution in [0.4, 0.5) is 0 Å². The second-order valence-electron chi connectivity index (χ2n) is 9.81. The summed E-state index contributed by atoms with van der Waals surface area (Å²) in [6, 6.07) is 6.68. The third-order valence-electron chi connectivity index (χ3n) is 7.57. The molecule has 2 amide bonds. The maximum Gasteiger partial charge on any atom is 0.258 e. The van der Waals surface area contributed by atoms with E-state index in [4.69, 9.17) is 4.74 Å². The molecular formula is C25H37N3O5S. The normalized spacial score (nSPS) is 25.8. The highest BCUT2D eigenvalue weighted by atomic mass is 32.2. The van der Waals surface area contributed by atoms with Gasteiger partial charge in [0.2, 0.25) is 15.9 Å². The second-order valence-corrected chi connectivity index (χ2v) is 11.7. The van der Waals surface area contributed by atoms with Crippen molar-refractivity contribution in [2.24, 2.45) is 5.92 Å². The van der Waals surface area contributed by atoms with Gasteiger partial charge in [-0.15, -0.1) is 0 Å². The van der Waals surface area contributed by atoms with Gasteiger partial charge in [0, 0.05) is 25.2 Å². The van der Waals surface area contributed by atoms with Crippen molar-refractivity contribution < 1.29 is 22.7 Å². The van der Waals surface area contributed by atoms with Crippen LogP contribution in [0, 0.1) is 5.92 Å². The molecule has 8 nitrogen and oxygen atoms in total. The summed E-state index contributed by atoms with van der Waals surface area (Å²) in [5, 5.41) is 0. The van der Waals surface area contributed by atoms with Gasteiger partial charge in [-0.3, -0.25) is 9.59 Å². The number of nitrogens with one attached hydrogen (secondary N) is 1. The van der Waals surface area contributed by atoms with E-state index in [9.17, 15) is 18.0 Å². The molecule has 2 saturated heterocycles. The molecule has 0 spiro atoms. The molecule has 3 atom stereocenters. The highest BCUT2D eigenvalue weighted by Crippen LogP contribution is 2.42. The van der Waals surface area contributed by atoms with E-state index in [2.05, 4.69) is 4.72 Å². The quantitative estimate of drug-likeness (QED) is 0.633. The Morgan fingerprint density at radius 1 is 1.09 bits per heavy atom. The lowest BCUT2D eigenvalue weighted by molar-refractivity contribution is -0.136. The molecule has 0 bridgehead atoms. The van der Waals surface area contributed by atoms with Crippen molar-refractivity contribution in [2.45, 2.75) is 76.4 Å². The molecule has 2 heterocycles. The zero-order valence-electron chi connectivity index (χ0n) is 20.2. The monoisotopic (exact) mass is 491 g/mol. The smallest absolute Gasteiger partial charge is 0.258 e. The molecule has 0 aromatic heterocycles. The van der Waals surface area contributed by atoms with Gasteiger partial charge >= 0.3 is 0 Å². The summed E-state index contributed by atoms with van der Waals surface area (Å²) in [5.74, 6) is 0.856. The van der Waals surface area contributed by atoms with E-state index in [0.717, 1.165) is 25.7 Å². The Labute approximate surface area is 203 Å². The van der Waals surface area contributed by atoms with Gasteiger partial charge in [0.05, 0.1) is 18.4 Å². The average molecular weight is 492 g/mol. The van der Waals surface area contributed by atoms with Gasteiger partial charge in [0.15, 0.2) is 0 Å². The number of sulfonamides is 1. The fraction of sp³-hybridized carbons (Fsp3) is 0.680. The largest absolute Gasteiger partial charge is 0.496 e. The van der Waals surface area contributed by atoms with Crippen molar-refractivity contribution in [1.82, 2.24) is 14.5 Å². The first kappa shape index (κ1) is 25.0. The van der Waals surface area contributed by atoms with E-state index >= 15 is 0 Å². The van der Waals surface area contributed by atoms with Crippen molar-refractivity contribution in [2.75, 3.05) is 26.0 Å². The number of carbonyl (C=O) groups excluding carboxylic acids is 2. The Hall–Kier alpha value is -2.13. The van der Waals surface area contributed by atoms with Crippen molar-refractivity contribution >= 4 is 21.8 Å². The third-order valence-corrected chi connectivity index (χ3v) is 9.21. The fourth-order valence-corrected chi connectivity index (χ4v) is 7.34. The Bertz CT molecular complexity index is 990. The molecule has 3 unspecified atom stereocenters. The number of nitrogens with zero attached hydrogens (tertiary/aromatic N) is 2. The van der Waals surface area contributed by atoms with Gasteiger partial charge in [-0.2, -0.15) is 0 Å². The number of carbonyl (C=O) groups is 2. The molecule has 1 N–H and O–H groups in total. The molecule has 1 aliphatic carbocycles. The van der Waals surface area contributed by atoms with Crippen LogP contribution in [0.1, 0.15) is 68.6 Å². The van der Waals surface area contributed by atoms with Gasteiger partial charge in [-0.05, 0) is 56.6 Å². The molecule has 1 aromatic carbocycles. The summed E-state index contributed by atoms with van der Waals surface area (Å²) >= 11 is 0. The van der Waals surface area contributed by atoms with Gasteiger partial charge < -0.3 is 14.5 Å². The Morgan fingerprint density at radius 3 is 2.50 bits per heavy atom. The lowest BCUT2D eigenvalue weighted by atomic mass is 9.84. The minimum absolute atomic E-state index is 0.00693. The zero-order valence-corrected chi connectivity index (χ0v) is 21.1. The topological polar surface area (TPSA) is 96.0 Å². The first-order chi connectivity index (χ1) is 16.3. The summed E-state index contributed by atoms with van der Waals surface area (Å²) in [5.41, 5.74) is 0.498. The molecule has 3 fully saturated rings. The minimum atomic E-state index is -3.27. The Kier molecular flexibility index (Phi) is 7.82. The van der Waals surface area contributed by atoms with E-state index in [1.165, 1.54) is 0 Å². The van der Waals surface area contributed by atoms with Gasteiger partial charge in [0.25, 0.3) is 5.91 Å². The molecular weight excluding hydrogens is 454 g/mol. The van der Waals surface area contributed by atoms with Crippen LogP contribution in [-0.2, 0) is 14.8 Å². The van der Waals surface area contributed by atoms with Crippen LogP contribution in [0.25, 0.3) is 0 Å². The van der Waals surface area contributed by atoms with Crippen LogP contribution in [0.2, 0.25) is 0 Å². The number of benzene rings is 1. The number of methoxy groups -OCH3 is 1. The number of fused-ring (bicyclic) bond motifs is 1. The van der Waals surface area contributed by atoms with E-state index in [1.54, 1.807) is 19.2 Å². The van der Waals surface area contributed by atoms with E-state index in [1.807, 2.05) is 28.9 Å². The first-order valence-electron chi connectivity index (χ1n) is 12.6. The number of hydrogen-bond donors (Lipinski definition) is 1. The molecule has 2 aliphatic heterocycles. The maximum atomic E-state index is 13.7. The van der Waals surface area contributed by atoms with Gasteiger partial charge in [-0.1, -0.05) is 31.9 Å². The van der Waals surface area contributed by atoms with Crippen LogP contribution in [0.5, 0.6) is 5.75 Å². The van der Waals surface area contributed by atoms with Gasteiger partial charge in [0.1, 0.15) is 11.8 Å². The van der Waals surface area contributed by atoms with E-state index in [0.29, 0.717) is 56.0 Å². The summed E-state index contributed by atoms with van der Waals surface area (Å²) in [4.78, 5) is 31.1. The Morgan fingerprint density at radius 2 is 1.79 bits per heavy atom. The van der Waals surface area contributed by atoms with Crippen LogP contribution in [0.3, 0.4) is 0 Å². The second kappa shape index (κ2) is 10.6. The molecule has 1 saturated carbocycles. The van der Waals surface area contributed by atoms with Gasteiger partial charge in [-0.25, -0.2) is 13.1 Å². The molecule has 4 rings (SSSR count). The van der Waals surface area contributed by atoms with Crippen molar-refractivity contribution in [1.29, 1.82) is 0 Å². The van der Waals surface area contributed by atoms with Crippen LogP contribution in [0.15, 0.2) is 24.3 Å². The summed E-state index contributed by atoms with van der Waals surface area (Å²) < 4.78 is 32.5. The highest BCUT2D eigenvalue weighted by molar-refractivity contribution is 7.89. The number of rotatable bonds is 7. The third kappa shape index (κ3) is 5.25. The number of hydrogen-bond acceptors (Lipinski definition) is 5.